The normalized spacial score (nSPS) is 21.6. The van der Waals surface area contributed by atoms with Gasteiger partial charge in [-0.15, -0.1) is 0 Å². The molecule has 0 saturated heterocycles. The summed E-state index contributed by atoms with van der Waals surface area (Å²) in [4.78, 5) is 17.7. The van der Waals surface area contributed by atoms with Crippen molar-refractivity contribution in [2.75, 3.05) is 5.32 Å². The highest BCUT2D eigenvalue weighted by atomic mass is 35.5. The van der Waals surface area contributed by atoms with Gasteiger partial charge >= 0.3 is 0 Å². The molecule has 3 aromatic rings. The number of carbonyl (C=O) groups excluding carboxylic acids is 1. The number of nitrogens with one attached hydrogen (secondary N) is 1. The summed E-state index contributed by atoms with van der Waals surface area (Å²) in [5.41, 5.74) is 2.44. The Bertz CT molecular complexity index is 1070. The minimum absolute atomic E-state index is 0.0150. The summed E-state index contributed by atoms with van der Waals surface area (Å²) in [5, 5.41) is 8.46. The van der Waals surface area contributed by atoms with Crippen molar-refractivity contribution in [3.05, 3.63) is 76.1 Å². The zero-order chi connectivity index (χ0) is 18.5. The van der Waals surface area contributed by atoms with Gasteiger partial charge in [0.05, 0.1) is 6.26 Å². The standard InChI is InChI=1S/C20H17ClN4O2/c1-11-22-20-23-15-9-12(17-7-4-8-27-17)10-16(26)18(15)19(25(20)24-11)13-5-2-3-6-14(13)21/h2-8,12,19H,9-10H2,1H3,(H,22,23,24)/t12-,19+/m0/s1. The van der Waals surface area contributed by atoms with Crippen molar-refractivity contribution in [3.63, 3.8) is 0 Å². The third-order valence-corrected chi connectivity index (χ3v) is 5.52. The van der Waals surface area contributed by atoms with Gasteiger partial charge in [0, 0.05) is 34.2 Å². The first-order chi connectivity index (χ1) is 13.1. The Morgan fingerprint density at radius 1 is 1.22 bits per heavy atom. The first-order valence-corrected chi connectivity index (χ1v) is 9.24. The molecule has 1 N–H and O–H groups in total. The lowest BCUT2D eigenvalue weighted by Crippen LogP contribution is -2.33. The van der Waals surface area contributed by atoms with Crippen molar-refractivity contribution < 1.29 is 9.21 Å². The fourth-order valence-corrected chi connectivity index (χ4v) is 4.27. The predicted molar refractivity (Wildman–Crippen MR) is 101 cm³/mol. The number of halogens is 1. The molecule has 0 amide bonds. The maximum Gasteiger partial charge on any atom is 0.226 e. The lowest BCUT2D eigenvalue weighted by molar-refractivity contribution is -0.117. The Hall–Kier alpha value is -2.86. The Labute approximate surface area is 160 Å². The molecule has 0 fully saturated rings. The van der Waals surface area contributed by atoms with Gasteiger partial charge in [-0.1, -0.05) is 29.8 Å². The Morgan fingerprint density at radius 2 is 2.07 bits per heavy atom. The van der Waals surface area contributed by atoms with Crippen molar-refractivity contribution in [1.82, 2.24) is 14.8 Å². The average molecular weight is 381 g/mol. The van der Waals surface area contributed by atoms with Crippen LogP contribution < -0.4 is 5.32 Å². The van der Waals surface area contributed by atoms with Crippen LogP contribution in [0, 0.1) is 6.92 Å². The van der Waals surface area contributed by atoms with E-state index in [9.17, 15) is 4.79 Å². The average Bonchev–Trinajstić information content (AvgIpc) is 3.29. The Kier molecular flexibility index (Phi) is 3.68. The van der Waals surface area contributed by atoms with E-state index in [1.807, 2.05) is 43.3 Å². The summed E-state index contributed by atoms with van der Waals surface area (Å²) >= 11 is 6.49. The van der Waals surface area contributed by atoms with E-state index in [0.717, 1.165) is 17.0 Å². The summed E-state index contributed by atoms with van der Waals surface area (Å²) < 4.78 is 7.31. The van der Waals surface area contributed by atoms with Crippen molar-refractivity contribution >= 4 is 23.3 Å². The quantitative estimate of drug-likeness (QED) is 0.719. The molecule has 0 unspecified atom stereocenters. The summed E-state index contributed by atoms with van der Waals surface area (Å²) in [5.74, 6) is 2.19. The molecule has 0 saturated carbocycles. The third kappa shape index (κ3) is 2.59. The molecular weight excluding hydrogens is 364 g/mol. The predicted octanol–water partition coefficient (Wildman–Crippen LogP) is 4.25. The molecule has 2 aliphatic rings. The van der Waals surface area contributed by atoms with Crippen molar-refractivity contribution in [2.45, 2.75) is 31.7 Å². The molecule has 2 aromatic heterocycles. The minimum Gasteiger partial charge on any atom is -0.469 e. The number of anilines is 1. The fourth-order valence-electron chi connectivity index (χ4n) is 4.03. The largest absolute Gasteiger partial charge is 0.469 e. The van der Waals surface area contributed by atoms with Gasteiger partial charge < -0.3 is 9.73 Å². The van der Waals surface area contributed by atoms with Gasteiger partial charge in [-0.05, 0) is 31.5 Å². The number of ketones is 1. The van der Waals surface area contributed by atoms with Crippen LogP contribution in [-0.4, -0.2) is 20.5 Å². The molecule has 1 aliphatic carbocycles. The first kappa shape index (κ1) is 16.3. The second-order valence-electron chi connectivity index (χ2n) is 6.91. The molecule has 3 heterocycles. The molecule has 1 aromatic carbocycles. The molecule has 0 radical (unpaired) electrons. The van der Waals surface area contributed by atoms with E-state index in [1.54, 1.807) is 10.9 Å². The van der Waals surface area contributed by atoms with Crippen LogP contribution in [0.3, 0.4) is 0 Å². The van der Waals surface area contributed by atoms with E-state index < -0.39 is 0 Å². The number of aryl methyl sites for hydroxylation is 1. The molecule has 6 nitrogen and oxygen atoms in total. The fraction of sp³-hybridized carbons (Fsp3) is 0.250. The monoisotopic (exact) mass is 380 g/mol. The highest BCUT2D eigenvalue weighted by Gasteiger charge is 2.40. The van der Waals surface area contributed by atoms with E-state index in [4.69, 9.17) is 16.0 Å². The van der Waals surface area contributed by atoms with Crippen LogP contribution in [0.2, 0.25) is 5.02 Å². The molecule has 136 valence electrons. The van der Waals surface area contributed by atoms with Gasteiger partial charge in [-0.25, -0.2) is 4.68 Å². The number of furan rings is 1. The lowest BCUT2D eigenvalue weighted by Gasteiger charge is -2.34. The number of fused-ring (bicyclic) bond motifs is 1. The van der Waals surface area contributed by atoms with E-state index in [2.05, 4.69) is 15.4 Å². The molecule has 7 heteroatoms. The minimum atomic E-state index is -0.379. The number of nitrogens with zero attached hydrogens (tertiary/aromatic N) is 3. The number of aromatic nitrogens is 3. The summed E-state index contributed by atoms with van der Waals surface area (Å²) in [7, 11) is 0. The van der Waals surface area contributed by atoms with Crippen molar-refractivity contribution in [2.24, 2.45) is 0 Å². The SMILES string of the molecule is Cc1nc2n(n1)[C@H](c1ccccc1Cl)C1=C(C[C@H](c3ccco3)CC1=O)N2. The van der Waals surface area contributed by atoms with Crippen molar-refractivity contribution in [3.8, 4) is 0 Å². The molecular formula is C20H17ClN4O2. The van der Waals surface area contributed by atoms with Crippen LogP contribution in [-0.2, 0) is 4.79 Å². The van der Waals surface area contributed by atoms with Crippen LogP contribution in [0.5, 0.6) is 0 Å². The van der Waals surface area contributed by atoms with Crippen molar-refractivity contribution in [1.29, 1.82) is 0 Å². The third-order valence-electron chi connectivity index (χ3n) is 5.17. The van der Waals surface area contributed by atoms with E-state index >= 15 is 0 Å². The summed E-state index contributed by atoms with van der Waals surface area (Å²) in [6, 6.07) is 11.0. The number of carbonyl (C=O) groups is 1. The second-order valence-corrected chi connectivity index (χ2v) is 7.32. The summed E-state index contributed by atoms with van der Waals surface area (Å²) in [6.07, 6.45) is 2.73. The van der Waals surface area contributed by atoms with Gasteiger partial charge in [0.2, 0.25) is 5.95 Å². The van der Waals surface area contributed by atoms with Crippen LogP contribution in [0.15, 0.2) is 58.3 Å². The van der Waals surface area contributed by atoms with Gasteiger partial charge in [-0.3, -0.25) is 4.79 Å². The Balaban J connectivity index is 1.66. The van der Waals surface area contributed by atoms with E-state index in [0.29, 0.717) is 35.2 Å². The number of hydrogen-bond donors (Lipinski definition) is 1. The molecule has 2 atom stereocenters. The number of rotatable bonds is 2. The lowest BCUT2D eigenvalue weighted by atomic mass is 9.79. The van der Waals surface area contributed by atoms with Gasteiger partial charge in [-0.2, -0.15) is 10.1 Å². The van der Waals surface area contributed by atoms with Crippen LogP contribution >= 0.6 is 11.6 Å². The molecule has 0 spiro atoms. The number of allylic oxidation sites excluding steroid dienone is 2. The van der Waals surface area contributed by atoms with Crippen LogP contribution in [0.1, 0.15) is 41.9 Å². The van der Waals surface area contributed by atoms with E-state index in [1.165, 1.54) is 0 Å². The maximum absolute atomic E-state index is 13.2. The van der Waals surface area contributed by atoms with Gasteiger partial charge in [0.15, 0.2) is 5.78 Å². The Morgan fingerprint density at radius 3 is 2.85 bits per heavy atom. The van der Waals surface area contributed by atoms with Crippen LogP contribution in [0.4, 0.5) is 5.95 Å². The second kappa shape index (κ2) is 6.09. The van der Waals surface area contributed by atoms with Gasteiger partial charge in [0.1, 0.15) is 17.6 Å². The zero-order valence-corrected chi connectivity index (χ0v) is 15.4. The number of benzene rings is 1. The van der Waals surface area contributed by atoms with E-state index in [-0.39, 0.29) is 17.7 Å². The molecule has 0 bridgehead atoms. The highest BCUT2D eigenvalue weighted by Crippen LogP contribution is 2.45. The summed E-state index contributed by atoms with van der Waals surface area (Å²) in [6.45, 7) is 1.84. The smallest absolute Gasteiger partial charge is 0.226 e. The zero-order valence-electron chi connectivity index (χ0n) is 14.6. The molecule has 27 heavy (non-hydrogen) atoms. The maximum atomic E-state index is 13.2. The van der Waals surface area contributed by atoms with Gasteiger partial charge in [0.25, 0.3) is 0 Å². The number of Topliss-reactive ketones (excluding diaryl/α,β-unsaturated/α-hetero) is 1. The number of hydrogen-bond acceptors (Lipinski definition) is 5. The molecule has 5 rings (SSSR count). The topological polar surface area (TPSA) is 73.0 Å². The first-order valence-electron chi connectivity index (χ1n) is 8.86. The highest BCUT2D eigenvalue weighted by molar-refractivity contribution is 6.31. The molecule has 1 aliphatic heterocycles. The van der Waals surface area contributed by atoms with Crippen LogP contribution in [0.25, 0.3) is 0 Å².